The van der Waals surface area contributed by atoms with E-state index in [0.717, 1.165) is 0 Å². The van der Waals surface area contributed by atoms with Gasteiger partial charge in [-0.2, -0.15) is 0 Å². The molecule has 7 heteroatoms. The zero-order chi connectivity index (χ0) is 16.2. The van der Waals surface area contributed by atoms with Gasteiger partial charge in [0.2, 0.25) is 0 Å². The Kier molecular flexibility index (Phi) is 5.60. The molecule has 0 saturated heterocycles. The number of hydrogen-bond donors (Lipinski definition) is 2. The van der Waals surface area contributed by atoms with Gasteiger partial charge in [-0.1, -0.05) is 26.0 Å². The summed E-state index contributed by atoms with van der Waals surface area (Å²) in [7, 11) is 0. The first-order chi connectivity index (χ1) is 9.60. The highest BCUT2D eigenvalue weighted by Crippen LogP contribution is 2.31. The Hall–Kier alpha value is -1.76. The Bertz CT molecular complexity index is 491. The van der Waals surface area contributed by atoms with Gasteiger partial charge in [-0.05, 0) is 36.0 Å². The van der Waals surface area contributed by atoms with E-state index in [1.807, 2.05) is 13.8 Å². The first-order valence-electron chi connectivity index (χ1n) is 6.44. The third-order valence-electron chi connectivity index (χ3n) is 3.41. The minimum atomic E-state index is -4.74. The van der Waals surface area contributed by atoms with Crippen LogP contribution in [0.3, 0.4) is 0 Å². The molecule has 21 heavy (non-hydrogen) atoms. The van der Waals surface area contributed by atoms with Crippen LogP contribution < -0.4 is 10.5 Å². The van der Waals surface area contributed by atoms with E-state index in [-0.39, 0.29) is 24.0 Å². The third-order valence-corrected chi connectivity index (χ3v) is 3.41. The Morgan fingerprint density at radius 1 is 1.38 bits per heavy atom. The molecule has 0 spiro atoms. The number of hydrogen-bond acceptors (Lipinski definition) is 3. The number of aliphatic carboxylic acids is 1. The summed E-state index contributed by atoms with van der Waals surface area (Å²) in [5.41, 5.74) is 6.11. The first-order valence-corrected chi connectivity index (χ1v) is 6.44. The van der Waals surface area contributed by atoms with Crippen molar-refractivity contribution in [3.63, 3.8) is 0 Å². The van der Waals surface area contributed by atoms with Crippen LogP contribution in [0.5, 0.6) is 5.75 Å². The molecule has 0 aromatic heterocycles. The summed E-state index contributed by atoms with van der Waals surface area (Å²) in [5, 5.41) is 8.78. The number of carboxylic acids is 1. The largest absolute Gasteiger partial charge is 0.573 e. The van der Waals surface area contributed by atoms with Gasteiger partial charge in [0.15, 0.2) is 0 Å². The molecule has 3 unspecified atom stereocenters. The number of rotatable bonds is 6. The van der Waals surface area contributed by atoms with E-state index in [0.29, 0.717) is 5.56 Å². The molecule has 0 fully saturated rings. The molecule has 1 aromatic rings. The molecule has 0 radical (unpaired) electrons. The van der Waals surface area contributed by atoms with Crippen LogP contribution >= 0.6 is 0 Å². The quantitative estimate of drug-likeness (QED) is 0.847. The van der Waals surface area contributed by atoms with Gasteiger partial charge in [0.05, 0.1) is 0 Å². The second kappa shape index (κ2) is 6.80. The number of carbonyl (C=O) groups is 1. The van der Waals surface area contributed by atoms with Crippen molar-refractivity contribution < 1.29 is 27.8 Å². The molecule has 0 saturated carbocycles. The molecule has 1 aromatic carbocycles. The highest BCUT2D eigenvalue weighted by atomic mass is 19.4. The van der Waals surface area contributed by atoms with E-state index in [4.69, 9.17) is 10.8 Å². The van der Waals surface area contributed by atoms with Crippen molar-refractivity contribution >= 4 is 5.97 Å². The average molecular weight is 305 g/mol. The van der Waals surface area contributed by atoms with Crippen LogP contribution in [-0.4, -0.2) is 23.5 Å². The van der Waals surface area contributed by atoms with Gasteiger partial charge < -0.3 is 15.6 Å². The van der Waals surface area contributed by atoms with Crippen LogP contribution in [0.2, 0.25) is 0 Å². The molecule has 0 heterocycles. The van der Waals surface area contributed by atoms with Gasteiger partial charge in [0.1, 0.15) is 11.8 Å². The fraction of sp³-hybridized carbons (Fsp3) is 0.500. The lowest BCUT2D eigenvalue weighted by molar-refractivity contribution is -0.274. The van der Waals surface area contributed by atoms with E-state index in [1.165, 1.54) is 18.2 Å². The van der Waals surface area contributed by atoms with Crippen molar-refractivity contribution in [2.75, 3.05) is 0 Å². The molecule has 3 atom stereocenters. The van der Waals surface area contributed by atoms with Crippen LogP contribution in [0.15, 0.2) is 24.3 Å². The van der Waals surface area contributed by atoms with E-state index in [2.05, 4.69) is 4.74 Å². The van der Waals surface area contributed by atoms with E-state index < -0.39 is 18.4 Å². The number of alkyl halides is 3. The number of halogens is 3. The normalized spacial score (nSPS) is 16.1. The van der Waals surface area contributed by atoms with Crippen molar-refractivity contribution in [3.8, 4) is 5.75 Å². The Labute approximate surface area is 120 Å². The van der Waals surface area contributed by atoms with E-state index >= 15 is 0 Å². The Morgan fingerprint density at radius 2 is 2.00 bits per heavy atom. The lowest BCUT2D eigenvalue weighted by Crippen LogP contribution is -2.32. The molecule has 3 N–H and O–H groups in total. The monoisotopic (exact) mass is 305 g/mol. The van der Waals surface area contributed by atoms with Crippen molar-refractivity contribution in [1.82, 2.24) is 0 Å². The zero-order valence-corrected chi connectivity index (χ0v) is 11.7. The summed E-state index contributed by atoms with van der Waals surface area (Å²) in [4.78, 5) is 10.7. The SMILES string of the molecule is CC(CC(N)C(=O)O)C(C)c1cccc(OC(F)(F)F)c1. The molecule has 0 aliphatic carbocycles. The van der Waals surface area contributed by atoms with Crippen LogP contribution in [0.25, 0.3) is 0 Å². The van der Waals surface area contributed by atoms with Crippen molar-refractivity contribution in [2.24, 2.45) is 11.7 Å². The molecule has 0 aliphatic rings. The number of ether oxygens (including phenoxy) is 1. The maximum absolute atomic E-state index is 12.2. The maximum Gasteiger partial charge on any atom is 0.573 e. The number of carboxylic acid groups (broad SMARTS) is 1. The zero-order valence-electron chi connectivity index (χ0n) is 11.7. The molecular formula is C14H18F3NO3. The van der Waals surface area contributed by atoms with Gasteiger partial charge in [0.25, 0.3) is 0 Å². The minimum absolute atomic E-state index is 0.0998. The minimum Gasteiger partial charge on any atom is -0.480 e. The van der Waals surface area contributed by atoms with E-state index in [1.54, 1.807) is 6.07 Å². The summed E-state index contributed by atoms with van der Waals surface area (Å²) in [6, 6.07) is 4.68. The molecule has 0 aliphatic heterocycles. The summed E-state index contributed by atoms with van der Waals surface area (Å²) in [6.45, 7) is 3.62. The molecular weight excluding hydrogens is 287 g/mol. The lowest BCUT2D eigenvalue weighted by Gasteiger charge is -2.22. The molecule has 0 bridgehead atoms. The van der Waals surface area contributed by atoms with Crippen LogP contribution in [0, 0.1) is 5.92 Å². The molecule has 0 amide bonds. The fourth-order valence-electron chi connectivity index (χ4n) is 2.03. The summed E-state index contributed by atoms with van der Waals surface area (Å²) in [5.74, 6) is -1.63. The van der Waals surface area contributed by atoms with Crippen molar-refractivity contribution in [2.45, 2.75) is 38.6 Å². The fourth-order valence-corrected chi connectivity index (χ4v) is 2.03. The van der Waals surface area contributed by atoms with Crippen molar-refractivity contribution in [3.05, 3.63) is 29.8 Å². The van der Waals surface area contributed by atoms with Gasteiger partial charge in [-0.3, -0.25) is 4.79 Å². The maximum atomic E-state index is 12.2. The Morgan fingerprint density at radius 3 is 2.52 bits per heavy atom. The van der Waals surface area contributed by atoms with E-state index in [9.17, 15) is 18.0 Å². The Balaban J connectivity index is 2.80. The third kappa shape index (κ3) is 5.63. The highest BCUT2D eigenvalue weighted by molar-refractivity contribution is 5.73. The average Bonchev–Trinajstić information content (AvgIpc) is 2.35. The molecule has 1 rings (SSSR count). The lowest BCUT2D eigenvalue weighted by atomic mass is 9.85. The van der Waals surface area contributed by atoms with Gasteiger partial charge in [-0.25, -0.2) is 0 Å². The van der Waals surface area contributed by atoms with Crippen LogP contribution in [-0.2, 0) is 4.79 Å². The summed E-state index contributed by atoms with van der Waals surface area (Å²) in [6.07, 6.45) is -4.50. The molecule has 4 nitrogen and oxygen atoms in total. The predicted molar refractivity (Wildman–Crippen MR) is 70.9 cm³/mol. The number of benzene rings is 1. The first kappa shape index (κ1) is 17.3. The second-order valence-corrected chi connectivity index (χ2v) is 5.07. The predicted octanol–water partition coefficient (Wildman–Crippen LogP) is 3.13. The van der Waals surface area contributed by atoms with Crippen LogP contribution in [0.1, 0.15) is 31.7 Å². The van der Waals surface area contributed by atoms with Gasteiger partial charge in [0, 0.05) is 0 Å². The summed E-state index contributed by atoms with van der Waals surface area (Å²) < 4.78 is 40.4. The van der Waals surface area contributed by atoms with Crippen LogP contribution in [0.4, 0.5) is 13.2 Å². The van der Waals surface area contributed by atoms with Gasteiger partial charge in [-0.15, -0.1) is 13.2 Å². The standard InChI is InChI=1S/C14H18F3NO3/c1-8(6-12(18)13(19)20)9(2)10-4-3-5-11(7-10)21-14(15,16)17/h3-5,7-9,12H,6,18H2,1-2H3,(H,19,20). The van der Waals surface area contributed by atoms with Crippen molar-refractivity contribution in [1.29, 1.82) is 0 Å². The topological polar surface area (TPSA) is 72.6 Å². The smallest absolute Gasteiger partial charge is 0.480 e. The summed E-state index contributed by atoms with van der Waals surface area (Å²) >= 11 is 0. The second-order valence-electron chi connectivity index (χ2n) is 5.07. The molecule has 118 valence electrons. The van der Waals surface area contributed by atoms with Gasteiger partial charge >= 0.3 is 12.3 Å². The highest BCUT2D eigenvalue weighted by Gasteiger charge is 2.31. The number of nitrogens with two attached hydrogens (primary N) is 1.